The first-order chi connectivity index (χ1) is 16.9. The number of amides is 2. The topological polar surface area (TPSA) is 126 Å². The van der Waals surface area contributed by atoms with Crippen LogP contribution in [0.4, 0.5) is 17.1 Å². The average molecular weight is 469 g/mol. The molecule has 8 heteroatoms. The van der Waals surface area contributed by atoms with Crippen molar-refractivity contribution in [2.45, 2.75) is 13.8 Å². The molecule has 0 heterocycles. The lowest BCUT2D eigenvalue weighted by atomic mass is 10.0. The monoisotopic (exact) mass is 468 g/mol. The van der Waals surface area contributed by atoms with E-state index in [4.69, 9.17) is 10.5 Å². The maximum absolute atomic E-state index is 13.2. The minimum atomic E-state index is -0.583. The smallest absolute Gasteiger partial charge is 0.259 e. The minimum Gasteiger partial charge on any atom is -0.505 e. The van der Waals surface area contributed by atoms with E-state index in [0.717, 1.165) is 5.56 Å². The summed E-state index contributed by atoms with van der Waals surface area (Å²) in [5, 5.41) is 23.7. The number of carbonyl (C=O) groups excluding carboxylic acids is 2. The minimum absolute atomic E-state index is 0.0339. The van der Waals surface area contributed by atoms with Gasteiger partial charge in [0.25, 0.3) is 5.91 Å². The van der Waals surface area contributed by atoms with Gasteiger partial charge in [0.05, 0.1) is 23.5 Å². The van der Waals surface area contributed by atoms with Crippen molar-refractivity contribution in [3.8, 4) is 11.5 Å². The van der Waals surface area contributed by atoms with Crippen LogP contribution in [0.1, 0.15) is 33.2 Å². The van der Waals surface area contributed by atoms with Crippen molar-refractivity contribution in [3.63, 3.8) is 0 Å². The number of nitrogens with two attached hydrogens (primary N) is 1. The molecular weight excluding hydrogens is 444 g/mol. The number of phenolic OH excluding ortho intramolecular Hbond substituents is 1. The third-order valence-electron chi connectivity index (χ3n) is 5.43. The predicted molar refractivity (Wildman–Crippen MR) is 135 cm³/mol. The third-order valence-corrected chi connectivity index (χ3v) is 5.43. The Morgan fingerprint density at radius 1 is 1.00 bits per heavy atom. The van der Waals surface area contributed by atoms with Gasteiger partial charge in [0.2, 0.25) is 5.91 Å². The number of anilines is 1. The maximum atomic E-state index is 13.2. The molecule has 0 saturated carbocycles. The van der Waals surface area contributed by atoms with E-state index in [1.165, 1.54) is 6.07 Å². The molecule has 0 bridgehead atoms. The number of fused-ring (bicyclic) bond motifs is 1. The van der Waals surface area contributed by atoms with Gasteiger partial charge in [-0.25, -0.2) is 0 Å². The Balaban J connectivity index is 1.78. The lowest BCUT2D eigenvalue weighted by molar-refractivity contribution is 0.0997. The number of rotatable bonds is 7. The highest BCUT2D eigenvalue weighted by Crippen LogP contribution is 2.40. The molecule has 2 amide bonds. The van der Waals surface area contributed by atoms with Gasteiger partial charge in [-0.15, -0.1) is 5.11 Å². The van der Waals surface area contributed by atoms with Crippen LogP contribution >= 0.6 is 0 Å². The number of phenols is 1. The van der Waals surface area contributed by atoms with Crippen molar-refractivity contribution in [2.75, 3.05) is 11.9 Å². The number of primary amides is 1. The molecule has 0 fully saturated rings. The molecule has 0 spiro atoms. The summed E-state index contributed by atoms with van der Waals surface area (Å²) in [6.07, 6.45) is 0. The number of ether oxygens (including phenoxy) is 1. The molecular formula is C27H24N4O4. The SMILES string of the molecule is CCOc1ccccc1NC(=O)c1cc2ccccc2c(N=Nc2cc(C(N)=O)ccc2C)c1O. The first-order valence-electron chi connectivity index (χ1n) is 11.0. The zero-order chi connectivity index (χ0) is 24.9. The van der Waals surface area contributed by atoms with Crippen LogP contribution in [0.25, 0.3) is 10.8 Å². The Kier molecular flexibility index (Phi) is 6.73. The van der Waals surface area contributed by atoms with Gasteiger partial charge >= 0.3 is 0 Å². The molecule has 0 atom stereocenters. The summed E-state index contributed by atoms with van der Waals surface area (Å²) in [6, 6.07) is 20.7. The lowest BCUT2D eigenvalue weighted by Gasteiger charge is -2.13. The molecule has 0 unspecified atom stereocenters. The van der Waals surface area contributed by atoms with Crippen LogP contribution in [-0.4, -0.2) is 23.5 Å². The van der Waals surface area contributed by atoms with E-state index in [2.05, 4.69) is 15.5 Å². The summed E-state index contributed by atoms with van der Waals surface area (Å²) < 4.78 is 5.58. The average Bonchev–Trinajstić information content (AvgIpc) is 2.85. The summed E-state index contributed by atoms with van der Waals surface area (Å²) in [5.74, 6) is -0.902. The molecule has 4 aromatic carbocycles. The zero-order valence-electron chi connectivity index (χ0n) is 19.3. The second-order valence-corrected chi connectivity index (χ2v) is 7.79. The van der Waals surface area contributed by atoms with Gasteiger partial charge in [-0.1, -0.05) is 42.5 Å². The number of benzene rings is 4. The summed E-state index contributed by atoms with van der Waals surface area (Å²) in [5.41, 5.74) is 7.51. The van der Waals surface area contributed by atoms with Gasteiger partial charge in [-0.05, 0) is 55.1 Å². The molecule has 176 valence electrons. The van der Waals surface area contributed by atoms with Gasteiger partial charge in [-0.3, -0.25) is 9.59 Å². The molecule has 0 radical (unpaired) electrons. The van der Waals surface area contributed by atoms with E-state index >= 15 is 0 Å². The summed E-state index contributed by atoms with van der Waals surface area (Å²) in [4.78, 5) is 24.7. The van der Waals surface area contributed by atoms with E-state index in [1.807, 2.05) is 32.0 Å². The van der Waals surface area contributed by atoms with Crippen LogP contribution in [0.3, 0.4) is 0 Å². The number of hydrogen-bond donors (Lipinski definition) is 3. The van der Waals surface area contributed by atoms with E-state index < -0.39 is 11.8 Å². The fourth-order valence-corrected chi connectivity index (χ4v) is 3.61. The fraction of sp³-hybridized carbons (Fsp3) is 0.111. The van der Waals surface area contributed by atoms with E-state index in [0.29, 0.717) is 40.1 Å². The van der Waals surface area contributed by atoms with Gasteiger partial charge in [-0.2, -0.15) is 5.11 Å². The van der Waals surface area contributed by atoms with E-state index in [-0.39, 0.29) is 17.0 Å². The second-order valence-electron chi connectivity index (χ2n) is 7.79. The Hall–Kier alpha value is -4.72. The van der Waals surface area contributed by atoms with Crippen LogP contribution < -0.4 is 15.8 Å². The molecule has 4 rings (SSSR count). The van der Waals surface area contributed by atoms with Gasteiger partial charge < -0.3 is 20.9 Å². The third kappa shape index (κ3) is 4.96. The van der Waals surface area contributed by atoms with Crippen LogP contribution in [0.15, 0.2) is 83.0 Å². The van der Waals surface area contributed by atoms with E-state index in [9.17, 15) is 14.7 Å². The van der Waals surface area contributed by atoms with E-state index in [1.54, 1.807) is 48.5 Å². The second kappa shape index (κ2) is 10.0. The quantitative estimate of drug-likeness (QED) is 0.287. The Bertz CT molecular complexity index is 1460. The molecule has 0 aliphatic heterocycles. The van der Waals surface area contributed by atoms with Crippen LogP contribution in [0, 0.1) is 6.92 Å². The van der Waals surface area contributed by atoms with Crippen molar-refractivity contribution >= 4 is 39.6 Å². The molecule has 35 heavy (non-hydrogen) atoms. The summed E-state index contributed by atoms with van der Waals surface area (Å²) in [7, 11) is 0. The van der Waals surface area contributed by atoms with Crippen LogP contribution in [0.5, 0.6) is 11.5 Å². The number of nitrogens with zero attached hydrogens (tertiary/aromatic N) is 2. The van der Waals surface area contributed by atoms with Crippen molar-refractivity contribution in [1.29, 1.82) is 0 Å². The number of hydrogen-bond acceptors (Lipinski definition) is 6. The number of aromatic hydroxyl groups is 1. The van der Waals surface area contributed by atoms with Gasteiger partial charge in [0.15, 0.2) is 5.75 Å². The van der Waals surface area contributed by atoms with Crippen molar-refractivity contribution in [1.82, 2.24) is 0 Å². The number of para-hydroxylation sites is 2. The standard InChI is InChI=1S/C27H24N4O4/c1-3-35-23-11-7-6-10-21(23)29-27(34)20-14-17-8-4-5-9-19(17)24(25(20)32)31-30-22-15-18(26(28)33)13-12-16(22)2/h4-15,32H,3H2,1-2H3,(H2,28,33)(H,29,34). The number of nitrogens with one attached hydrogen (secondary N) is 1. The number of carbonyl (C=O) groups is 2. The lowest BCUT2D eigenvalue weighted by Crippen LogP contribution is -2.13. The molecule has 4 N–H and O–H groups in total. The highest BCUT2D eigenvalue weighted by Gasteiger charge is 2.19. The highest BCUT2D eigenvalue weighted by atomic mass is 16.5. The Labute approximate surface area is 202 Å². The Morgan fingerprint density at radius 3 is 2.51 bits per heavy atom. The largest absolute Gasteiger partial charge is 0.505 e. The van der Waals surface area contributed by atoms with Crippen molar-refractivity contribution in [3.05, 3.63) is 89.5 Å². The number of aryl methyl sites for hydroxylation is 1. The van der Waals surface area contributed by atoms with Gasteiger partial charge in [0.1, 0.15) is 11.4 Å². The normalized spacial score (nSPS) is 11.0. The predicted octanol–water partition coefficient (Wildman–Crippen LogP) is 6.02. The fourth-order valence-electron chi connectivity index (χ4n) is 3.61. The molecule has 8 nitrogen and oxygen atoms in total. The molecule has 0 aromatic heterocycles. The first kappa shape index (κ1) is 23.4. The first-order valence-corrected chi connectivity index (χ1v) is 11.0. The Morgan fingerprint density at radius 2 is 1.74 bits per heavy atom. The molecule has 4 aromatic rings. The maximum Gasteiger partial charge on any atom is 0.259 e. The van der Waals surface area contributed by atoms with Crippen molar-refractivity contribution < 1.29 is 19.4 Å². The summed E-state index contributed by atoms with van der Waals surface area (Å²) in [6.45, 7) is 4.11. The molecule has 0 aliphatic carbocycles. The zero-order valence-corrected chi connectivity index (χ0v) is 19.3. The molecule has 0 saturated heterocycles. The van der Waals surface area contributed by atoms with Crippen LogP contribution in [0.2, 0.25) is 0 Å². The summed E-state index contributed by atoms with van der Waals surface area (Å²) >= 11 is 0. The van der Waals surface area contributed by atoms with Crippen LogP contribution in [-0.2, 0) is 0 Å². The van der Waals surface area contributed by atoms with Gasteiger partial charge in [0, 0.05) is 10.9 Å². The molecule has 0 aliphatic rings. The van der Waals surface area contributed by atoms with Crippen molar-refractivity contribution in [2.24, 2.45) is 16.0 Å². The highest BCUT2D eigenvalue weighted by molar-refractivity contribution is 6.12. The number of azo groups is 1.